The summed E-state index contributed by atoms with van der Waals surface area (Å²) in [7, 11) is -3.54. The van der Waals surface area contributed by atoms with E-state index < -0.39 is 16.1 Å². The van der Waals surface area contributed by atoms with Crippen LogP contribution in [-0.2, 0) is 10.0 Å². The zero-order valence-electron chi connectivity index (χ0n) is 8.81. The molecule has 0 atom stereocenters. The average Bonchev–Trinajstić information content (AvgIpc) is 2.25. The van der Waals surface area contributed by atoms with E-state index in [9.17, 15) is 13.2 Å². The molecule has 8 heteroatoms. The van der Waals surface area contributed by atoms with E-state index >= 15 is 0 Å². The molecule has 4 N–H and O–H groups in total. The summed E-state index contributed by atoms with van der Waals surface area (Å²) in [4.78, 5) is 10.5. The molecule has 0 radical (unpaired) electrons. The van der Waals surface area contributed by atoms with Gasteiger partial charge in [-0.2, -0.15) is 0 Å². The maximum absolute atomic E-state index is 11.7. The van der Waals surface area contributed by atoms with Gasteiger partial charge in [0.1, 0.15) is 0 Å². The molecule has 0 spiro atoms. The molecule has 0 aliphatic heterocycles. The molecule has 0 aliphatic carbocycles. The molecule has 0 bridgehead atoms. The van der Waals surface area contributed by atoms with E-state index in [4.69, 9.17) is 5.73 Å². The van der Waals surface area contributed by atoms with Crippen molar-refractivity contribution in [3.63, 3.8) is 0 Å². The highest BCUT2D eigenvalue weighted by molar-refractivity contribution is 9.10. The van der Waals surface area contributed by atoms with Crippen LogP contribution >= 0.6 is 15.9 Å². The summed E-state index contributed by atoms with van der Waals surface area (Å²) < 4.78 is 26.6. The van der Waals surface area contributed by atoms with Crippen molar-refractivity contribution in [3.05, 3.63) is 28.7 Å². The number of nitrogens with two attached hydrogens (primary N) is 1. The summed E-state index contributed by atoms with van der Waals surface area (Å²) >= 11 is 3.22. The minimum atomic E-state index is -3.54. The third kappa shape index (κ3) is 4.72. The lowest BCUT2D eigenvalue weighted by Crippen LogP contribution is -2.37. The van der Waals surface area contributed by atoms with Gasteiger partial charge in [-0.1, -0.05) is 15.9 Å². The Bertz CT molecular complexity index is 487. The van der Waals surface area contributed by atoms with E-state index in [0.29, 0.717) is 0 Å². The van der Waals surface area contributed by atoms with Gasteiger partial charge in [0.05, 0.1) is 4.90 Å². The topological polar surface area (TPSA) is 101 Å². The fourth-order valence-electron chi connectivity index (χ4n) is 1.07. The third-order valence-electron chi connectivity index (χ3n) is 1.84. The minimum Gasteiger partial charge on any atom is -0.352 e. The van der Waals surface area contributed by atoms with Gasteiger partial charge < -0.3 is 11.1 Å². The van der Waals surface area contributed by atoms with Crippen LogP contribution in [0, 0.1) is 0 Å². The molecular weight excluding hydrogens is 310 g/mol. The number of urea groups is 1. The second kappa shape index (κ2) is 5.99. The predicted molar refractivity (Wildman–Crippen MR) is 66.9 cm³/mol. The molecule has 0 unspecified atom stereocenters. The number of nitrogens with one attached hydrogen (secondary N) is 2. The van der Waals surface area contributed by atoms with Crippen molar-refractivity contribution in [1.29, 1.82) is 0 Å². The van der Waals surface area contributed by atoms with Crippen LogP contribution < -0.4 is 15.8 Å². The molecule has 6 nitrogen and oxygen atoms in total. The molecule has 0 aromatic heterocycles. The van der Waals surface area contributed by atoms with Gasteiger partial charge in [0.2, 0.25) is 10.0 Å². The third-order valence-corrected chi connectivity index (χ3v) is 3.85. The summed E-state index contributed by atoms with van der Waals surface area (Å²) in [5, 5.41) is 2.28. The normalized spacial score (nSPS) is 11.1. The largest absolute Gasteiger partial charge is 0.352 e. The smallest absolute Gasteiger partial charge is 0.312 e. The molecule has 1 aromatic carbocycles. The van der Waals surface area contributed by atoms with E-state index in [0.717, 1.165) is 4.47 Å². The first-order valence-electron chi connectivity index (χ1n) is 4.70. The Morgan fingerprint density at radius 3 is 2.35 bits per heavy atom. The van der Waals surface area contributed by atoms with Gasteiger partial charge in [0.25, 0.3) is 0 Å². The number of halogens is 1. The van der Waals surface area contributed by atoms with Crippen LogP contribution in [0.5, 0.6) is 0 Å². The number of carbonyl (C=O) groups is 1. The molecule has 0 heterocycles. The van der Waals surface area contributed by atoms with Crippen LogP contribution in [0.2, 0.25) is 0 Å². The molecule has 17 heavy (non-hydrogen) atoms. The molecule has 2 amide bonds. The van der Waals surface area contributed by atoms with Crippen LogP contribution in [0.15, 0.2) is 33.6 Å². The fraction of sp³-hybridized carbons (Fsp3) is 0.222. The SMILES string of the molecule is NC(=O)NCCNS(=O)(=O)c1ccc(Br)cc1. The van der Waals surface area contributed by atoms with Gasteiger partial charge in [-0.05, 0) is 24.3 Å². The van der Waals surface area contributed by atoms with Crippen molar-refractivity contribution in [3.8, 4) is 0 Å². The van der Waals surface area contributed by atoms with Gasteiger partial charge >= 0.3 is 6.03 Å². The zero-order valence-corrected chi connectivity index (χ0v) is 11.2. The van der Waals surface area contributed by atoms with Crippen LogP contribution in [0.25, 0.3) is 0 Å². The summed E-state index contributed by atoms with van der Waals surface area (Å²) in [5.41, 5.74) is 4.84. The molecule has 0 aliphatic rings. The van der Waals surface area contributed by atoms with Gasteiger partial charge in [0, 0.05) is 17.6 Å². The number of hydrogen-bond acceptors (Lipinski definition) is 3. The molecule has 1 aromatic rings. The zero-order chi connectivity index (χ0) is 12.9. The predicted octanol–water partition coefficient (Wildman–Crippen LogP) is 0.396. The first-order chi connectivity index (χ1) is 7.92. The minimum absolute atomic E-state index is 0.0847. The lowest BCUT2D eigenvalue weighted by Gasteiger charge is -2.06. The molecule has 0 saturated heterocycles. The first-order valence-corrected chi connectivity index (χ1v) is 6.98. The number of carbonyl (C=O) groups excluding carboxylic acids is 1. The van der Waals surface area contributed by atoms with Crippen molar-refractivity contribution in [2.75, 3.05) is 13.1 Å². The van der Waals surface area contributed by atoms with E-state index in [-0.39, 0.29) is 18.0 Å². The van der Waals surface area contributed by atoms with Crippen LogP contribution in [-0.4, -0.2) is 27.5 Å². The molecule has 0 fully saturated rings. The van der Waals surface area contributed by atoms with E-state index in [1.165, 1.54) is 12.1 Å². The number of rotatable bonds is 5. The van der Waals surface area contributed by atoms with Crippen molar-refractivity contribution < 1.29 is 13.2 Å². The second-order valence-electron chi connectivity index (χ2n) is 3.14. The van der Waals surface area contributed by atoms with Crippen LogP contribution in [0.1, 0.15) is 0 Å². The number of benzene rings is 1. The van der Waals surface area contributed by atoms with Gasteiger partial charge in [0.15, 0.2) is 0 Å². The Hall–Kier alpha value is -1.12. The monoisotopic (exact) mass is 321 g/mol. The standard InChI is InChI=1S/C9H12BrN3O3S/c10-7-1-3-8(4-2-7)17(15,16)13-6-5-12-9(11)14/h1-4,13H,5-6H2,(H3,11,12,14). The maximum Gasteiger partial charge on any atom is 0.312 e. The van der Waals surface area contributed by atoms with Gasteiger partial charge in [-0.3, -0.25) is 0 Å². The highest BCUT2D eigenvalue weighted by atomic mass is 79.9. The highest BCUT2D eigenvalue weighted by Crippen LogP contribution is 2.14. The van der Waals surface area contributed by atoms with Gasteiger partial charge in [-0.15, -0.1) is 0 Å². The second-order valence-corrected chi connectivity index (χ2v) is 5.83. The molecule has 0 saturated carbocycles. The van der Waals surface area contributed by atoms with Crippen LogP contribution in [0.3, 0.4) is 0 Å². The molecule has 94 valence electrons. The summed E-state index contributed by atoms with van der Waals surface area (Å²) in [6, 6.07) is 5.54. The summed E-state index contributed by atoms with van der Waals surface area (Å²) in [5.74, 6) is 0. The average molecular weight is 322 g/mol. The number of primary amides is 1. The molecule has 1 rings (SSSR count). The summed E-state index contributed by atoms with van der Waals surface area (Å²) in [6.07, 6.45) is 0. The number of sulfonamides is 1. The van der Waals surface area contributed by atoms with E-state index in [2.05, 4.69) is 26.0 Å². The van der Waals surface area contributed by atoms with Crippen molar-refractivity contribution in [2.24, 2.45) is 5.73 Å². The van der Waals surface area contributed by atoms with Crippen LogP contribution in [0.4, 0.5) is 4.79 Å². The Labute approximate surface area is 108 Å². The van der Waals surface area contributed by atoms with E-state index in [1.807, 2.05) is 0 Å². The Morgan fingerprint density at radius 2 is 1.82 bits per heavy atom. The highest BCUT2D eigenvalue weighted by Gasteiger charge is 2.12. The lowest BCUT2D eigenvalue weighted by molar-refractivity contribution is 0.249. The fourth-order valence-corrected chi connectivity index (χ4v) is 2.36. The van der Waals surface area contributed by atoms with Crippen molar-refractivity contribution in [2.45, 2.75) is 4.90 Å². The lowest BCUT2D eigenvalue weighted by atomic mass is 10.4. The van der Waals surface area contributed by atoms with Gasteiger partial charge in [-0.25, -0.2) is 17.9 Å². The Morgan fingerprint density at radius 1 is 1.24 bits per heavy atom. The molecular formula is C9H12BrN3O3S. The first kappa shape index (κ1) is 13.9. The Kier molecular flexibility index (Phi) is 4.91. The summed E-state index contributed by atoms with van der Waals surface area (Å²) in [6.45, 7) is 0.229. The maximum atomic E-state index is 11.7. The number of amides is 2. The number of hydrogen-bond donors (Lipinski definition) is 3. The van der Waals surface area contributed by atoms with E-state index in [1.54, 1.807) is 12.1 Å². The Balaban J connectivity index is 2.57. The van der Waals surface area contributed by atoms with Crippen molar-refractivity contribution >= 4 is 32.0 Å². The van der Waals surface area contributed by atoms with Crippen molar-refractivity contribution in [1.82, 2.24) is 10.0 Å². The quantitative estimate of drug-likeness (QED) is 0.684.